The number of amides is 1. The Morgan fingerprint density at radius 3 is 3.00 bits per heavy atom. The highest BCUT2D eigenvalue weighted by Crippen LogP contribution is 2.18. The topological polar surface area (TPSA) is 84.3 Å². The number of aromatic nitrogens is 2. The highest BCUT2D eigenvalue weighted by molar-refractivity contribution is 7.92. The summed E-state index contributed by atoms with van der Waals surface area (Å²) in [5.74, 6) is 0.0527. The van der Waals surface area contributed by atoms with Crippen LogP contribution in [0.2, 0.25) is 0 Å². The second-order valence-corrected chi connectivity index (χ2v) is 6.87. The number of aryl methyl sites for hydroxylation is 1. The molecule has 7 nitrogen and oxygen atoms in total. The molecular formula is C13H20N4O3S. The Hall–Kier alpha value is -1.67. The van der Waals surface area contributed by atoms with Gasteiger partial charge in [0.1, 0.15) is 5.69 Å². The third kappa shape index (κ3) is 3.92. The van der Waals surface area contributed by atoms with E-state index in [1.165, 1.54) is 0 Å². The molecule has 0 saturated carbocycles. The van der Waals surface area contributed by atoms with Gasteiger partial charge in [-0.1, -0.05) is 6.58 Å². The van der Waals surface area contributed by atoms with Crippen LogP contribution in [0.4, 0.5) is 0 Å². The molecule has 1 aromatic heterocycles. The van der Waals surface area contributed by atoms with E-state index in [0.29, 0.717) is 25.3 Å². The molecule has 0 bridgehead atoms. The summed E-state index contributed by atoms with van der Waals surface area (Å²) in [5, 5.41) is 4.89. The molecule has 1 aliphatic heterocycles. The van der Waals surface area contributed by atoms with Crippen LogP contribution in [0.5, 0.6) is 0 Å². The number of likely N-dealkylation sites (tertiary alicyclic amines) is 1. The third-order valence-corrected chi connectivity index (χ3v) is 4.65. The maximum absolute atomic E-state index is 12.4. The SMILES string of the molecule is C=CS(=O)(=O)NCC1CCCN(C(=O)c2ccnn2C)C1. The Morgan fingerprint density at radius 2 is 2.38 bits per heavy atom. The highest BCUT2D eigenvalue weighted by Gasteiger charge is 2.26. The zero-order valence-electron chi connectivity index (χ0n) is 12.0. The van der Waals surface area contributed by atoms with E-state index in [1.807, 2.05) is 0 Å². The van der Waals surface area contributed by atoms with E-state index >= 15 is 0 Å². The average Bonchev–Trinajstić information content (AvgIpc) is 2.91. The molecular weight excluding hydrogens is 292 g/mol. The predicted octanol–water partition coefficient (Wildman–Crippen LogP) is 0.335. The van der Waals surface area contributed by atoms with Crippen molar-refractivity contribution in [2.24, 2.45) is 13.0 Å². The first kappa shape index (κ1) is 15.7. The average molecular weight is 312 g/mol. The van der Waals surface area contributed by atoms with Crippen molar-refractivity contribution in [2.75, 3.05) is 19.6 Å². The summed E-state index contributed by atoms with van der Waals surface area (Å²) in [4.78, 5) is 14.2. The van der Waals surface area contributed by atoms with E-state index in [1.54, 1.807) is 28.9 Å². The molecule has 2 rings (SSSR count). The van der Waals surface area contributed by atoms with Crippen LogP contribution in [-0.4, -0.2) is 48.6 Å². The predicted molar refractivity (Wildman–Crippen MR) is 79.0 cm³/mol. The van der Waals surface area contributed by atoms with Crippen LogP contribution in [0.25, 0.3) is 0 Å². The molecule has 0 aromatic carbocycles. The summed E-state index contributed by atoms with van der Waals surface area (Å²) < 4.78 is 26.8. The van der Waals surface area contributed by atoms with Crippen LogP contribution in [-0.2, 0) is 17.1 Å². The molecule has 1 saturated heterocycles. The molecule has 0 spiro atoms. The lowest BCUT2D eigenvalue weighted by molar-refractivity contribution is 0.0665. The lowest BCUT2D eigenvalue weighted by Gasteiger charge is -2.32. The van der Waals surface area contributed by atoms with Gasteiger partial charge in [-0.05, 0) is 24.8 Å². The van der Waals surface area contributed by atoms with Crippen molar-refractivity contribution in [3.63, 3.8) is 0 Å². The van der Waals surface area contributed by atoms with Gasteiger partial charge in [0.2, 0.25) is 10.0 Å². The minimum absolute atomic E-state index is 0.0636. The van der Waals surface area contributed by atoms with Crippen molar-refractivity contribution in [2.45, 2.75) is 12.8 Å². The third-order valence-electron chi connectivity index (χ3n) is 3.64. The molecule has 8 heteroatoms. The summed E-state index contributed by atoms with van der Waals surface area (Å²) >= 11 is 0. The Bertz CT molecular complexity index is 623. The van der Waals surface area contributed by atoms with Crippen molar-refractivity contribution >= 4 is 15.9 Å². The second-order valence-electron chi connectivity index (χ2n) is 5.16. The van der Waals surface area contributed by atoms with Gasteiger partial charge in [-0.25, -0.2) is 13.1 Å². The molecule has 2 heterocycles. The molecule has 0 aliphatic carbocycles. The first-order valence-electron chi connectivity index (χ1n) is 6.82. The molecule has 21 heavy (non-hydrogen) atoms. The second kappa shape index (κ2) is 6.40. The number of carbonyl (C=O) groups excluding carboxylic acids is 1. The highest BCUT2D eigenvalue weighted by atomic mass is 32.2. The largest absolute Gasteiger partial charge is 0.337 e. The number of nitrogens with one attached hydrogen (secondary N) is 1. The van der Waals surface area contributed by atoms with E-state index in [-0.39, 0.29) is 11.8 Å². The normalized spacial score (nSPS) is 19.5. The van der Waals surface area contributed by atoms with E-state index in [4.69, 9.17) is 0 Å². The van der Waals surface area contributed by atoms with Gasteiger partial charge in [0.15, 0.2) is 0 Å². The number of carbonyl (C=O) groups is 1. The fraction of sp³-hybridized carbons (Fsp3) is 0.538. The molecule has 1 N–H and O–H groups in total. The Morgan fingerprint density at radius 1 is 1.62 bits per heavy atom. The number of piperidine rings is 1. The van der Waals surface area contributed by atoms with Crippen molar-refractivity contribution in [3.8, 4) is 0 Å². The molecule has 1 amide bonds. The Kier molecular flexibility index (Phi) is 4.79. The van der Waals surface area contributed by atoms with Crippen LogP contribution in [0, 0.1) is 5.92 Å². The van der Waals surface area contributed by atoms with E-state index in [2.05, 4.69) is 16.4 Å². The Labute approximate surface area is 124 Å². The molecule has 1 aromatic rings. The maximum atomic E-state index is 12.4. The molecule has 116 valence electrons. The van der Waals surface area contributed by atoms with E-state index < -0.39 is 10.0 Å². The number of hydrogen-bond donors (Lipinski definition) is 1. The fourth-order valence-electron chi connectivity index (χ4n) is 2.45. The van der Waals surface area contributed by atoms with Gasteiger partial charge in [-0.15, -0.1) is 0 Å². The summed E-state index contributed by atoms with van der Waals surface area (Å²) in [5.41, 5.74) is 0.544. The minimum atomic E-state index is -3.41. The van der Waals surface area contributed by atoms with Crippen molar-refractivity contribution < 1.29 is 13.2 Å². The number of nitrogens with zero attached hydrogens (tertiary/aromatic N) is 3. The fourth-order valence-corrected chi connectivity index (χ4v) is 3.04. The van der Waals surface area contributed by atoms with Gasteiger partial charge in [-0.3, -0.25) is 9.48 Å². The summed E-state index contributed by atoms with van der Waals surface area (Å²) in [6.07, 6.45) is 3.35. The zero-order valence-corrected chi connectivity index (χ0v) is 12.8. The first-order valence-corrected chi connectivity index (χ1v) is 8.37. The van der Waals surface area contributed by atoms with Crippen molar-refractivity contribution in [3.05, 3.63) is 29.9 Å². The van der Waals surface area contributed by atoms with Crippen LogP contribution in [0.1, 0.15) is 23.3 Å². The van der Waals surface area contributed by atoms with Gasteiger partial charge >= 0.3 is 0 Å². The molecule has 1 atom stereocenters. The lowest BCUT2D eigenvalue weighted by Crippen LogP contribution is -2.44. The van der Waals surface area contributed by atoms with Gasteiger partial charge in [0.25, 0.3) is 5.91 Å². The standard InChI is InChI=1S/C13H20N4O3S/c1-3-21(19,20)15-9-11-5-4-8-17(10-11)13(18)12-6-7-14-16(12)2/h3,6-7,11,15H,1,4-5,8-10H2,2H3. The Balaban J connectivity index is 1.96. The smallest absolute Gasteiger partial charge is 0.272 e. The van der Waals surface area contributed by atoms with Gasteiger partial charge < -0.3 is 4.90 Å². The number of hydrogen-bond acceptors (Lipinski definition) is 4. The van der Waals surface area contributed by atoms with Gasteiger partial charge in [0, 0.05) is 38.3 Å². The van der Waals surface area contributed by atoms with Crippen LogP contribution in [0.15, 0.2) is 24.3 Å². The van der Waals surface area contributed by atoms with Crippen LogP contribution < -0.4 is 4.72 Å². The van der Waals surface area contributed by atoms with Crippen molar-refractivity contribution in [1.82, 2.24) is 19.4 Å². The maximum Gasteiger partial charge on any atom is 0.272 e. The molecule has 1 aliphatic rings. The van der Waals surface area contributed by atoms with Crippen LogP contribution in [0.3, 0.4) is 0 Å². The zero-order chi connectivity index (χ0) is 15.5. The summed E-state index contributed by atoms with van der Waals surface area (Å²) in [7, 11) is -1.68. The van der Waals surface area contributed by atoms with Crippen molar-refractivity contribution in [1.29, 1.82) is 0 Å². The monoisotopic (exact) mass is 312 g/mol. The number of sulfonamides is 1. The lowest BCUT2D eigenvalue weighted by atomic mass is 9.98. The van der Waals surface area contributed by atoms with E-state index in [9.17, 15) is 13.2 Å². The summed E-state index contributed by atoms with van der Waals surface area (Å²) in [6, 6.07) is 1.69. The minimum Gasteiger partial charge on any atom is -0.337 e. The quantitative estimate of drug-likeness (QED) is 0.849. The molecule has 1 unspecified atom stereocenters. The number of rotatable bonds is 5. The molecule has 0 radical (unpaired) electrons. The van der Waals surface area contributed by atoms with Crippen LogP contribution >= 0.6 is 0 Å². The molecule has 1 fully saturated rings. The van der Waals surface area contributed by atoms with E-state index in [0.717, 1.165) is 18.2 Å². The first-order chi connectivity index (χ1) is 9.93. The van der Waals surface area contributed by atoms with Gasteiger partial charge in [-0.2, -0.15) is 5.10 Å². The summed E-state index contributed by atoms with van der Waals surface area (Å²) in [6.45, 7) is 4.82. The van der Waals surface area contributed by atoms with Gasteiger partial charge in [0.05, 0.1) is 0 Å².